The molecule has 3 nitrogen and oxygen atoms in total. The molecule has 1 aromatic carbocycles. The Morgan fingerprint density at radius 3 is 2.73 bits per heavy atom. The van der Waals surface area contributed by atoms with Gasteiger partial charge in [-0.3, -0.25) is 9.59 Å². The normalized spacial score (nSPS) is 10.4. The maximum atomic E-state index is 11.6. The van der Waals surface area contributed by atoms with Gasteiger partial charge in [0.2, 0.25) is 5.91 Å². The fraction of sp³-hybridized carbons (Fsp3) is 0.0909. The molecular weight excluding hydrogens is 210 g/mol. The van der Waals surface area contributed by atoms with Gasteiger partial charge in [-0.1, -0.05) is 18.2 Å². The Kier molecular flexibility index (Phi) is 2.51. The van der Waals surface area contributed by atoms with E-state index in [2.05, 4.69) is 0 Å². The first-order chi connectivity index (χ1) is 7.18. The second-order valence-corrected chi connectivity index (χ2v) is 4.12. The zero-order valence-electron chi connectivity index (χ0n) is 7.90. The van der Waals surface area contributed by atoms with Crippen LogP contribution >= 0.6 is 11.3 Å². The van der Waals surface area contributed by atoms with Crippen LogP contribution in [0.4, 0.5) is 0 Å². The lowest BCUT2D eigenvalue weighted by Gasteiger charge is -1.95. The average molecular weight is 219 g/mol. The molecule has 2 N–H and O–H groups in total. The molecule has 76 valence electrons. The SMILES string of the molecule is NC(=O)CC(=O)c1csc2ccccc12. The second kappa shape index (κ2) is 3.82. The van der Waals surface area contributed by atoms with Crippen molar-refractivity contribution in [3.8, 4) is 0 Å². The number of ketones is 1. The molecule has 0 aliphatic rings. The van der Waals surface area contributed by atoms with Crippen LogP contribution < -0.4 is 5.73 Å². The Hall–Kier alpha value is -1.68. The molecule has 0 aliphatic carbocycles. The van der Waals surface area contributed by atoms with E-state index < -0.39 is 5.91 Å². The van der Waals surface area contributed by atoms with Gasteiger partial charge in [-0.15, -0.1) is 11.3 Å². The number of hydrogen-bond donors (Lipinski definition) is 1. The third-order valence-corrected chi connectivity index (χ3v) is 3.08. The van der Waals surface area contributed by atoms with Gasteiger partial charge in [0, 0.05) is 21.0 Å². The minimum absolute atomic E-state index is 0.208. The summed E-state index contributed by atoms with van der Waals surface area (Å²) in [4.78, 5) is 22.3. The summed E-state index contributed by atoms with van der Waals surface area (Å²) < 4.78 is 1.05. The van der Waals surface area contributed by atoms with Crippen LogP contribution in [0.25, 0.3) is 10.1 Å². The number of nitrogens with two attached hydrogens (primary N) is 1. The van der Waals surface area contributed by atoms with E-state index in [1.807, 2.05) is 24.3 Å². The summed E-state index contributed by atoms with van der Waals surface area (Å²) in [6, 6.07) is 7.61. The van der Waals surface area contributed by atoms with Crippen molar-refractivity contribution in [2.45, 2.75) is 6.42 Å². The number of hydrogen-bond acceptors (Lipinski definition) is 3. The number of primary amides is 1. The number of carbonyl (C=O) groups is 2. The standard InChI is InChI=1S/C11H9NO2S/c12-11(14)5-9(13)8-6-15-10-4-2-1-3-7(8)10/h1-4,6H,5H2,(H2,12,14). The van der Waals surface area contributed by atoms with Crippen molar-refractivity contribution in [2.24, 2.45) is 5.73 Å². The Morgan fingerprint density at radius 2 is 2.00 bits per heavy atom. The lowest BCUT2D eigenvalue weighted by atomic mass is 10.1. The summed E-state index contributed by atoms with van der Waals surface area (Å²) in [5.41, 5.74) is 5.58. The topological polar surface area (TPSA) is 60.2 Å². The molecule has 2 aromatic rings. The third-order valence-electron chi connectivity index (χ3n) is 2.12. The summed E-state index contributed by atoms with van der Waals surface area (Å²) in [6.45, 7) is 0. The maximum absolute atomic E-state index is 11.6. The minimum Gasteiger partial charge on any atom is -0.369 e. The molecule has 0 aliphatic heterocycles. The zero-order chi connectivity index (χ0) is 10.8. The second-order valence-electron chi connectivity index (χ2n) is 3.21. The van der Waals surface area contributed by atoms with Crippen LogP contribution in [0.2, 0.25) is 0 Å². The molecular formula is C11H9NO2S. The summed E-state index contributed by atoms with van der Waals surface area (Å²) in [5.74, 6) is -0.796. The van der Waals surface area contributed by atoms with Gasteiger partial charge < -0.3 is 5.73 Å². The van der Waals surface area contributed by atoms with E-state index in [1.54, 1.807) is 5.38 Å². The van der Waals surface area contributed by atoms with E-state index >= 15 is 0 Å². The van der Waals surface area contributed by atoms with Crippen molar-refractivity contribution in [3.05, 3.63) is 35.2 Å². The Labute approximate surface area is 90.5 Å². The van der Waals surface area contributed by atoms with Crippen LogP contribution in [-0.2, 0) is 4.79 Å². The van der Waals surface area contributed by atoms with Crippen molar-refractivity contribution in [1.29, 1.82) is 0 Å². The fourth-order valence-corrected chi connectivity index (χ4v) is 2.41. The van der Waals surface area contributed by atoms with Gasteiger partial charge in [0.1, 0.15) is 0 Å². The number of benzene rings is 1. The number of rotatable bonds is 3. The van der Waals surface area contributed by atoms with E-state index in [0.717, 1.165) is 10.1 Å². The van der Waals surface area contributed by atoms with Gasteiger partial charge in [-0.2, -0.15) is 0 Å². The molecule has 15 heavy (non-hydrogen) atoms. The molecule has 4 heteroatoms. The first-order valence-corrected chi connectivity index (χ1v) is 5.34. The van der Waals surface area contributed by atoms with Crippen molar-refractivity contribution < 1.29 is 9.59 Å². The van der Waals surface area contributed by atoms with Gasteiger partial charge in [0.05, 0.1) is 6.42 Å². The number of amides is 1. The molecule has 0 fully saturated rings. The largest absolute Gasteiger partial charge is 0.369 e. The molecule has 0 atom stereocenters. The number of carbonyl (C=O) groups excluding carboxylic acids is 2. The summed E-state index contributed by atoms with van der Waals surface area (Å²) in [7, 11) is 0. The molecule has 2 rings (SSSR count). The molecule has 0 unspecified atom stereocenters. The van der Waals surface area contributed by atoms with Crippen molar-refractivity contribution in [3.63, 3.8) is 0 Å². The predicted octanol–water partition coefficient (Wildman–Crippen LogP) is 1.96. The van der Waals surface area contributed by atoms with Crippen LogP contribution in [0.15, 0.2) is 29.6 Å². The van der Waals surface area contributed by atoms with E-state index in [9.17, 15) is 9.59 Å². The lowest BCUT2D eigenvalue weighted by Crippen LogP contribution is -2.15. The monoisotopic (exact) mass is 219 g/mol. The molecule has 1 aromatic heterocycles. The smallest absolute Gasteiger partial charge is 0.225 e. The highest BCUT2D eigenvalue weighted by Gasteiger charge is 2.13. The van der Waals surface area contributed by atoms with Gasteiger partial charge in [0.15, 0.2) is 5.78 Å². The Bertz CT molecular complexity index is 530. The summed E-state index contributed by atoms with van der Waals surface area (Å²) in [6.07, 6.45) is -0.222. The maximum Gasteiger partial charge on any atom is 0.225 e. The van der Waals surface area contributed by atoms with E-state index in [1.165, 1.54) is 11.3 Å². The Morgan fingerprint density at radius 1 is 1.27 bits per heavy atom. The highest BCUT2D eigenvalue weighted by molar-refractivity contribution is 7.17. The van der Waals surface area contributed by atoms with Crippen LogP contribution in [-0.4, -0.2) is 11.7 Å². The lowest BCUT2D eigenvalue weighted by molar-refractivity contribution is -0.117. The van der Waals surface area contributed by atoms with Crippen LogP contribution in [0.1, 0.15) is 16.8 Å². The summed E-state index contributed by atoms with van der Waals surface area (Å²) >= 11 is 1.50. The number of thiophene rings is 1. The third kappa shape index (κ3) is 1.89. The van der Waals surface area contributed by atoms with Gasteiger partial charge in [-0.05, 0) is 6.07 Å². The van der Waals surface area contributed by atoms with Crippen molar-refractivity contribution in [1.82, 2.24) is 0 Å². The molecule has 1 amide bonds. The van der Waals surface area contributed by atoms with E-state index in [0.29, 0.717) is 5.56 Å². The minimum atomic E-state index is -0.588. The highest BCUT2D eigenvalue weighted by Crippen LogP contribution is 2.26. The molecule has 0 saturated heterocycles. The van der Waals surface area contributed by atoms with Gasteiger partial charge in [-0.25, -0.2) is 0 Å². The van der Waals surface area contributed by atoms with Gasteiger partial charge in [0.25, 0.3) is 0 Å². The van der Waals surface area contributed by atoms with Crippen molar-refractivity contribution >= 4 is 33.1 Å². The molecule has 1 heterocycles. The molecule has 0 bridgehead atoms. The average Bonchev–Trinajstić information content (AvgIpc) is 2.59. The Balaban J connectivity index is 2.44. The predicted molar refractivity (Wildman–Crippen MR) is 60.0 cm³/mol. The first kappa shape index (κ1) is 9.86. The quantitative estimate of drug-likeness (QED) is 0.633. The zero-order valence-corrected chi connectivity index (χ0v) is 8.71. The first-order valence-electron chi connectivity index (χ1n) is 4.46. The highest BCUT2D eigenvalue weighted by atomic mass is 32.1. The van der Waals surface area contributed by atoms with Crippen LogP contribution in [0, 0.1) is 0 Å². The number of Topliss-reactive ketones (excluding diaryl/α,β-unsaturated/α-hetero) is 1. The van der Waals surface area contributed by atoms with Gasteiger partial charge >= 0.3 is 0 Å². The number of fused-ring (bicyclic) bond motifs is 1. The van der Waals surface area contributed by atoms with Crippen molar-refractivity contribution in [2.75, 3.05) is 0 Å². The fourth-order valence-electron chi connectivity index (χ4n) is 1.45. The molecule has 0 saturated carbocycles. The molecule has 0 radical (unpaired) electrons. The van der Waals surface area contributed by atoms with Crippen LogP contribution in [0.5, 0.6) is 0 Å². The van der Waals surface area contributed by atoms with Crippen LogP contribution in [0.3, 0.4) is 0 Å². The summed E-state index contributed by atoms with van der Waals surface area (Å²) in [5, 5.41) is 2.67. The van der Waals surface area contributed by atoms with E-state index in [-0.39, 0.29) is 12.2 Å². The molecule has 0 spiro atoms. The van der Waals surface area contributed by atoms with E-state index in [4.69, 9.17) is 5.73 Å².